The molecule has 2 aliphatic heterocycles. The normalized spacial score (nSPS) is 31.0. The van der Waals surface area contributed by atoms with Gasteiger partial charge in [-0.25, -0.2) is 0 Å². The second-order valence-corrected chi connectivity index (χ2v) is 9.62. The van der Waals surface area contributed by atoms with Crippen molar-refractivity contribution in [3.8, 4) is 0 Å². The number of rotatable bonds is 4. The van der Waals surface area contributed by atoms with Crippen LogP contribution in [0.2, 0.25) is 0 Å². The summed E-state index contributed by atoms with van der Waals surface area (Å²) in [5, 5.41) is 4.41. The number of nitrogens with zero attached hydrogens (tertiary/aromatic N) is 3. The van der Waals surface area contributed by atoms with E-state index < -0.39 is 0 Å². The second-order valence-electron chi connectivity index (χ2n) is 9.62. The lowest BCUT2D eigenvalue weighted by molar-refractivity contribution is -0.140. The van der Waals surface area contributed by atoms with Gasteiger partial charge in [-0.15, -0.1) is 0 Å². The molecule has 1 aromatic heterocycles. The summed E-state index contributed by atoms with van der Waals surface area (Å²) in [5.74, 6) is 2.03. The second kappa shape index (κ2) is 7.23. The fraction of sp³-hybridized carbons (Fsp3) is 0.818. The zero-order valence-corrected chi connectivity index (χ0v) is 16.5. The molecule has 0 bridgehead atoms. The lowest BCUT2D eigenvalue weighted by atomic mass is 9.73. The minimum atomic E-state index is 0.307. The van der Waals surface area contributed by atoms with Crippen molar-refractivity contribution in [3.05, 3.63) is 17.5 Å². The van der Waals surface area contributed by atoms with E-state index in [9.17, 15) is 4.79 Å². The van der Waals surface area contributed by atoms with Gasteiger partial charge in [0, 0.05) is 43.0 Å². The van der Waals surface area contributed by atoms with Crippen LogP contribution in [0.4, 0.5) is 0 Å². The van der Waals surface area contributed by atoms with Gasteiger partial charge in [0.1, 0.15) is 0 Å². The molecule has 3 heterocycles. The van der Waals surface area contributed by atoms with Crippen molar-refractivity contribution < 1.29 is 9.32 Å². The molecule has 2 saturated heterocycles. The van der Waals surface area contributed by atoms with Crippen LogP contribution in [0.25, 0.3) is 0 Å². The van der Waals surface area contributed by atoms with Crippen molar-refractivity contribution >= 4 is 5.91 Å². The highest BCUT2D eigenvalue weighted by Crippen LogP contribution is 2.42. The van der Waals surface area contributed by atoms with Gasteiger partial charge in [-0.05, 0) is 51.5 Å². The Kier molecular flexibility index (Phi) is 4.75. The molecule has 1 aromatic rings. The van der Waals surface area contributed by atoms with E-state index in [0.29, 0.717) is 23.3 Å². The fourth-order valence-corrected chi connectivity index (χ4v) is 5.76. The Bertz CT molecular complexity index is 677. The molecule has 0 unspecified atom stereocenters. The Balaban J connectivity index is 1.22. The Morgan fingerprint density at radius 3 is 2.74 bits per heavy atom. The number of aromatic nitrogens is 1. The summed E-state index contributed by atoms with van der Waals surface area (Å²) < 4.78 is 5.73. The molecule has 1 spiro atoms. The maximum absolute atomic E-state index is 12.3. The Morgan fingerprint density at radius 2 is 1.93 bits per heavy atom. The van der Waals surface area contributed by atoms with Crippen LogP contribution in [0.1, 0.15) is 88.0 Å². The van der Waals surface area contributed by atoms with Crippen LogP contribution in [-0.4, -0.2) is 46.5 Å². The molecule has 1 atom stereocenters. The highest BCUT2D eigenvalue weighted by atomic mass is 16.5. The van der Waals surface area contributed by atoms with Crippen molar-refractivity contribution in [2.24, 2.45) is 5.41 Å². The van der Waals surface area contributed by atoms with Crippen LogP contribution in [0.15, 0.2) is 10.6 Å². The zero-order chi connectivity index (χ0) is 18.3. The van der Waals surface area contributed by atoms with Gasteiger partial charge < -0.3 is 9.42 Å². The molecule has 27 heavy (non-hydrogen) atoms. The summed E-state index contributed by atoms with van der Waals surface area (Å²) in [6.07, 6.45) is 13.3. The van der Waals surface area contributed by atoms with Crippen molar-refractivity contribution in [3.63, 3.8) is 0 Å². The Hall–Kier alpha value is -1.36. The highest BCUT2D eigenvalue weighted by molar-refractivity contribution is 5.78. The molecular formula is C22H33N3O2. The van der Waals surface area contributed by atoms with Crippen LogP contribution < -0.4 is 0 Å². The molecule has 5 heteroatoms. The topological polar surface area (TPSA) is 49.6 Å². The first kappa shape index (κ1) is 17.7. The molecule has 0 N–H and O–H groups in total. The van der Waals surface area contributed by atoms with Gasteiger partial charge >= 0.3 is 0 Å². The SMILES string of the molecule is O=C1CC[C@@]2(CCCN(Cc3cc(C4CCCCC4)no3)C2)CN1C1CC1. The number of hydrogen-bond acceptors (Lipinski definition) is 4. The van der Waals surface area contributed by atoms with Gasteiger partial charge in [0.15, 0.2) is 5.76 Å². The summed E-state index contributed by atoms with van der Waals surface area (Å²) >= 11 is 0. The number of carbonyl (C=O) groups is 1. The van der Waals surface area contributed by atoms with Crippen LogP contribution in [0.5, 0.6) is 0 Å². The van der Waals surface area contributed by atoms with E-state index >= 15 is 0 Å². The minimum absolute atomic E-state index is 0.307. The van der Waals surface area contributed by atoms with E-state index in [1.165, 1.54) is 63.5 Å². The number of carbonyl (C=O) groups excluding carboxylic acids is 1. The third-order valence-electron chi connectivity index (χ3n) is 7.40. The molecular weight excluding hydrogens is 338 g/mol. The van der Waals surface area contributed by atoms with Crippen molar-refractivity contribution in [1.29, 1.82) is 0 Å². The van der Waals surface area contributed by atoms with Gasteiger partial charge in [0.25, 0.3) is 0 Å². The van der Waals surface area contributed by atoms with Gasteiger partial charge in [-0.2, -0.15) is 0 Å². The van der Waals surface area contributed by atoms with E-state index in [0.717, 1.165) is 44.8 Å². The minimum Gasteiger partial charge on any atom is -0.360 e. The van der Waals surface area contributed by atoms with E-state index in [4.69, 9.17) is 4.52 Å². The first-order valence-corrected chi connectivity index (χ1v) is 11.2. The monoisotopic (exact) mass is 371 g/mol. The lowest BCUT2D eigenvalue weighted by Gasteiger charge is -2.48. The average molecular weight is 372 g/mol. The molecule has 0 aromatic carbocycles. The Morgan fingerprint density at radius 1 is 1.07 bits per heavy atom. The fourth-order valence-electron chi connectivity index (χ4n) is 5.76. The summed E-state index contributed by atoms with van der Waals surface area (Å²) in [6.45, 7) is 4.09. The number of hydrogen-bond donors (Lipinski definition) is 0. The first-order valence-electron chi connectivity index (χ1n) is 11.2. The predicted molar refractivity (Wildman–Crippen MR) is 103 cm³/mol. The maximum Gasteiger partial charge on any atom is 0.222 e. The van der Waals surface area contributed by atoms with Gasteiger partial charge in [-0.1, -0.05) is 24.4 Å². The van der Waals surface area contributed by atoms with Gasteiger partial charge in [0.05, 0.1) is 12.2 Å². The number of likely N-dealkylation sites (tertiary alicyclic amines) is 2. The molecule has 1 amide bonds. The van der Waals surface area contributed by atoms with Gasteiger partial charge in [0.2, 0.25) is 5.91 Å². The molecule has 0 radical (unpaired) electrons. The van der Waals surface area contributed by atoms with E-state index in [2.05, 4.69) is 21.0 Å². The molecule has 2 saturated carbocycles. The van der Waals surface area contributed by atoms with Crippen LogP contribution in [0.3, 0.4) is 0 Å². The smallest absolute Gasteiger partial charge is 0.222 e. The standard InChI is InChI=1S/C22H33N3O2/c26-21-9-11-22(16-25(21)18-7-8-18)10-4-12-24(15-22)14-19-13-20(23-27-19)17-5-2-1-3-6-17/h13,17-18H,1-12,14-16H2/t22-/m1/s1. The summed E-state index contributed by atoms with van der Waals surface area (Å²) in [6, 6.07) is 2.77. The molecule has 4 fully saturated rings. The molecule has 148 valence electrons. The molecule has 4 aliphatic rings. The largest absolute Gasteiger partial charge is 0.360 e. The summed E-state index contributed by atoms with van der Waals surface area (Å²) in [5.41, 5.74) is 1.49. The predicted octanol–water partition coefficient (Wildman–Crippen LogP) is 4.09. The zero-order valence-electron chi connectivity index (χ0n) is 16.5. The molecule has 2 aliphatic carbocycles. The third-order valence-corrected chi connectivity index (χ3v) is 7.40. The van der Waals surface area contributed by atoms with E-state index in [-0.39, 0.29) is 0 Å². The molecule has 5 rings (SSSR count). The summed E-state index contributed by atoms with van der Waals surface area (Å²) in [4.78, 5) is 17.1. The highest BCUT2D eigenvalue weighted by Gasteiger charge is 2.45. The van der Waals surface area contributed by atoms with Crippen LogP contribution in [-0.2, 0) is 11.3 Å². The van der Waals surface area contributed by atoms with E-state index in [1.807, 2.05) is 0 Å². The molecule has 5 nitrogen and oxygen atoms in total. The quantitative estimate of drug-likeness (QED) is 0.800. The first-order chi connectivity index (χ1) is 13.2. The van der Waals surface area contributed by atoms with Crippen LogP contribution in [0, 0.1) is 5.41 Å². The van der Waals surface area contributed by atoms with Crippen molar-refractivity contribution in [2.75, 3.05) is 19.6 Å². The van der Waals surface area contributed by atoms with E-state index in [1.54, 1.807) is 0 Å². The third kappa shape index (κ3) is 3.80. The van der Waals surface area contributed by atoms with Crippen molar-refractivity contribution in [1.82, 2.24) is 15.0 Å². The summed E-state index contributed by atoms with van der Waals surface area (Å²) in [7, 11) is 0. The van der Waals surface area contributed by atoms with Crippen LogP contribution >= 0.6 is 0 Å². The number of piperidine rings is 2. The lowest BCUT2D eigenvalue weighted by Crippen LogP contribution is -2.54. The van der Waals surface area contributed by atoms with Crippen molar-refractivity contribution in [2.45, 2.75) is 89.1 Å². The number of amides is 1. The maximum atomic E-state index is 12.3. The van der Waals surface area contributed by atoms with Gasteiger partial charge in [-0.3, -0.25) is 9.69 Å². The Labute approximate surface area is 162 Å². The average Bonchev–Trinajstić information content (AvgIpc) is 3.44.